The molecular weight excluding hydrogens is 731 g/mol. The highest BCUT2D eigenvalue weighted by Crippen LogP contribution is 2.38. The quantitative estimate of drug-likeness (QED) is 0.125. The molecule has 0 aliphatic carbocycles. The van der Waals surface area contributed by atoms with E-state index in [1.165, 1.54) is 10.6 Å². The van der Waals surface area contributed by atoms with E-state index >= 15 is 8.78 Å². The Morgan fingerprint density at radius 2 is 1.64 bits per heavy atom. The fourth-order valence-corrected chi connectivity index (χ4v) is 7.37. The van der Waals surface area contributed by atoms with E-state index in [-0.39, 0.29) is 53.7 Å². The van der Waals surface area contributed by atoms with Crippen LogP contribution in [0.1, 0.15) is 18.1 Å². The Bertz CT molecular complexity index is 2290. The van der Waals surface area contributed by atoms with Crippen LogP contribution >= 0.6 is 11.3 Å². The fourth-order valence-electron chi connectivity index (χ4n) is 5.61. The van der Waals surface area contributed by atoms with Crippen LogP contribution in [0, 0.1) is 11.6 Å². The van der Waals surface area contributed by atoms with Gasteiger partial charge in [0, 0.05) is 49.4 Å². The molecule has 5 aromatic rings. The number of ether oxygens (including phenoxy) is 2. The number of benzene rings is 3. The zero-order valence-electron chi connectivity index (χ0n) is 29.6. The number of amides is 2. The highest BCUT2D eigenvalue weighted by molar-refractivity contribution is 7.88. The first-order valence-corrected chi connectivity index (χ1v) is 19.3. The van der Waals surface area contributed by atoms with E-state index in [4.69, 9.17) is 9.47 Å². The van der Waals surface area contributed by atoms with Crippen LogP contribution in [0.2, 0.25) is 0 Å². The van der Waals surface area contributed by atoms with Gasteiger partial charge in [-0.1, -0.05) is 18.2 Å². The fraction of sp³-hybridized carbons (Fsp3) is 0.306. The van der Waals surface area contributed by atoms with Crippen molar-refractivity contribution in [1.29, 1.82) is 0 Å². The third kappa shape index (κ3) is 9.54. The molecule has 0 aliphatic rings. The summed E-state index contributed by atoms with van der Waals surface area (Å²) in [4.78, 5) is 43.7. The molecule has 0 spiro atoms. The second kappa shape index (κ2) is 17.3. The molecule has 2 heterocycles. The third-order valence-electron chi connectivity index (χ3n) is 8.13. The van der Waals surface area contributed by atoms with Crippen molar-refractivity contribution in [2.24, 2.45) is 0 Å². The van der Waals surface area contributed by atoms with E-state index in [0.29, 0.717) is 40.6 Å². The van der Waals surface area contributed by atoms with Crippen LogP contribution in [0.5, 0.6) is 5.75 Å². The molecule has 3 N–H and O–H groups in total. The lowest BCUT2D eigenvalue weighted by Crippen LogP contribution is -2.39. The van der Waals surface area contributed by atoms with Crippen molar-refractivity contribution in [1.82, 2.24) is 24.1 Å². The Hall–Kier alpha value is -4.94. The molecule has 0 aliphatic heterocycles. The average molecular weight is 771 g/mol. The van der Waals surface area contributed by atoms with Gasteiger partial charge in [-0.15, -0.1) is 11.3 Å². The first kappa shape index (κ1) is 39.3. The molecule has 2 aromatic heterocycles. The summed E-state index contributed by atoms with van der Waals surface area (Å²) < 4.78 is 69.0. The molecule has 5 rings (SSSR count). The Morgan fingerprint density at radius 3 is 2.26 bits per heavy atom. The predicted molar refractivity (Wildman–Crippen MR) is 202 cm³/mol. The van der Waals surface area contributed by atoms with E-state index in [1.54, 1.807) is 69.6 Å². The largest absolute Gasteiger partial charge is 0.491 e. The van der Waals surface area contributed by atoms with Crippen LogP contribution in [0.4, 0.5) is 19.3 Å². The minimum Gasteiger partial charge on any atom is -0.491 e. The monoisotopic (exact) mass is 770 g/mol. The van der Waals surface area contributed by atoms with Crippen LogP contribution in [-0.4, -0.2) is 81.7 Å². The highest BCUT2D eigenvalue weighted by Gasteiger charge is 2.26. The van der Waals surface area contributed by atoms with Crippen LogP contribution < -0.4 is 31.3 Å². The van der Waals surface area contributed by atoms with Crippen molar-refractivity contribution in [3.8, 4) is 21.9 Å². The minimum atomic E-state index is -3.46. The molecule has 282 valence electrons. The van der Waals surface area contributed by atoms with Gasteiger partial charge in [-0.05, 0) is 73.6 Å². The van der Waals surface area contributed by atoms with Gasteiger partial charge in [0.25, 0.3) is 5.56 Å². The summed E-state index contributed by atoms with van der Waals surface area (Å²) in [6, 6.07) is 16.2. The topological polar surface area (TPSA) is 153 Å². The number of carbonyl (C=O) groups excluding carboxylic acids is 1. The lowest BCUT2D eigenvalue weighted by atomic mass is 10.1. The number of methoxy groups -OCH3 is 1. The molecule has 2 amide bonds. The number of carbonyl (C=O) groups is 1. The summed E-state index contributed by atoms with van der Waals surface area (Å²) >= 11 is 1.11. The van der Waals surface area contributed by atoms with Gasteiger partial charge in [-0.25, -0.2) is 36.1 Å². The number of nitrogens with one attached hydrogen (secondary N) is 3. The maximum atomic E-state index is 15.1. The lowest BCUT2D eigenvalue weighted by molar-refractivity contribution is 0.146. The van der Waals surface area contributed by atoms with Gasteiger partial charge in [0.1, 0.15) is 28.8 Å². The first-order valence-electron chi connectivity index (χ1n) is 16.6. The van der Waals surface area contributed by atoms with Crippen molar-refractivity contribution in [3.05, 3.63) is 110 Å². The summed E-state index contributed by atoms with van der Waals surface area (Å²) in [7, 11) is -0.165. The van der Waals surface area contributed by atoms with E-state index in [9.17, 15) is 22.8 Å². The smallest absolute Gasteiger partial charge is 0.337 e. The zero-order valence-corrected chi connectivity index (χ0v) is 31.2. The number of thiophene rings is 1. The standard InChI is InChI=1S/C36H40F2N6O7S2/c1-5-39-35(46)41-24-11-9-23(10-12-24)32-28(21-42(2)18-17-40-53(4,48)49)31-33(45)44(25-13-15-26(16-14-25)51-20-19-50-3)36(47)43(34(31)52-32)22-27-29(37)7-6-8-30(27)38/h6-16,40H,5,17-22H2,1-4H3,(H2,39,41,46). The van der Waals surface area contributed by atoms with Crippen molar-refractivity contribution in [2.45, 2.75) is 20.0 Å². The van der Waals surface area contributed by atoms with Crippen LogP contribution in [-0.2, 0) is 27.8 Å². The first-order chi connectivity index (χ1) is 25.3. The number of anilines is 1. The van der Waals surface area contributed by atoms with Crippen LogP contribution in [0.3, 0.4) is 0 Å². The van der Waals surface area contributed by atoms with Gasteiger partial charge in [-0.2, -0.15) is 0 Å². The summed E-state index contributed by atoms with van der Waals surface area (Å²) in [5, 5.41) is 5.55. The number of hydrogen-bond acceptors (Lipinski definition) is 9. The molecule has 0 saturated carbocycles. The molecule has 53 heavy (non-hydrogen) atoms. The van der Waals surface area contributed by atoms with Crippen LogP contribution in [0.15, 0.2) is 76.3 Å². The molecule has 0 bridgehead atoms. The Kier molecular flexibility index (Phi) is 12.8. The molecule has 13 nitrogen and oxygen atoms in total. The Balaban J connectivity index is 1.73. The molecule has 0 saturated heterocycles. The van der Waals surface area contributed by atoms with Gasteiger partial charge in [-0.3, -0.25) is 9.36 Å². The van der Waals surface area contributed by atoms with Crippen molar-refractivity contribution < 1.29 is 31.5 Å². The summed E-state index contributed by atoms with van der Waals surface area (Å²) in [6.07, 6.45) is 1.06. The second-order valence-electron chi connectivity index (χ2n) is 12.1. The summed E-state index contributed by atoms with van der Waals surface area (Å²) in [5.41, 5.74) is 0.0402. The number of sulfonamides is 1. The van der Waals surface area contributed by atoms with Gasteiger partial charge in [0.15, 0.2) is 0 Å². The summed E-state index contributed by atoms with van der Waals surface area (Å²) in [5.74, 6) is -1.24. The van der Waals surface area contributed by atoms with E-state index in [0.717, 1.165) is 34.3 Å². The molecule has 0 fully saturated rings. The minimum absolute atomic E-state index is 0.0905. The number of halogens is 2. The SMILES string of the molecule is CCNC(=O)Nc1ccc(-c2sc3c(c2CN(C)CCNS(C)(=O)=O)c(=O)n(-c2ccc(OCCOC)cc2)c(=O)n3Cc2c(F)cccc2F)cc1. The Morgan fingerprint density at radius 1 is 0.962 bits per heavy atom. The van der Waals surface area contributed by atoms with Gasteiger partial charge in [0.2, 0.25) is 10.0 Å². The molecule has 17 heteroatoms. The number of rotatable bonds is 16. The third-order valence-corrected chi connectivity index (χ3v) is 10.2. The zero-order chi connectivity index (χ0) is 38.3. The number of hydrogen-bond donors (Lipinski definition) is 3. The number of nitrogens with zero attached hydrogens (tertiary/aromatic N) is 3. The van der Waals surface area contributed by atoms with Crippen molar-refractivity contribution in [2.75, 3.05) is 58.6 Å². The number of urea groups is 1. The van der Waals surface area contributed by atoms with E-state index in [1.807, 2.05) is 4.90 Å². The molecular formula is C36H40F2N6O7S2. The molecule has 0 unspecified atom stereocenters. The Labute approximate surface area is 308 Å². The molecule has 0 radical (unpaired) electrons. The van der Waals surface area contributed by atoms with Gasteiger partial charge >= 0.3 is 11.7 Å². The number of fused-ring (bicyclic) bond motifs is 1. The van der Waals surface area contributed by atoms with Crippen LogP contribution in [0.25, 0.3) is 26.3 Å². The van der Waals surface area contributed by atoms with Gasteiger partial charge in [0.05, 0.1) is 30.5 Å². The van der Waals surface area contributed by atoms with Gasteiger partial charge < -0.3 is 25.0 Å². The van der Waals surface area contributed by atoms with E-state index < -0.39 is 39.5 Å². The average Bonchev–Trinajstić information content (AvgIpc) is 3.47. The second-order valence-corrected chi connectivity index (χ2v) is 14.9. The summed E-state index contributed by atoms with van der Waals surface area (Å²) in [6.45, 7) is 2.82. The van der Waals surface area contributed by atoms with Crippen molar-refractivity contribution >= 4 is 43.3 Å². The van der Waals surface area contributed by atoms with E-state index in [2.05, 4.69) is 15.4 Å². The maximum absolute atomic E-state index is 15.1. The molecule has 3 aromatic carbocycles. The highest BCUT2D eigenvalue weighted by atomic mass is 32.2. The normalized spacial score (nSPS) is 11.7. The maximum Gasteiger partial charge on any atom is 0.337 e. The predicted octanol–water partition coefficient (Wildman–Crippen LogP) is 4.36. The number of likely N-dealkylation sites (N-methyl/N-ethyl adjacent to an activating group) is 1. The van der Waals surface area contributed by atoms with Crippen molar-refractivity contribution in [3.63, 3.8) is 0 Å². The lowest BCUT2D eigenvalue weighted by Gasteiger charge is -2.18. The number of aromatic nitrogens is 2. The molecule has 0 atom stereocenters.